The van der Waals surface area contributed by atoms with Gasteiger partial charge in [-0.15, -0.1) is 0 Å². The number of imidazole rings is 1. The predicted molar refractivity (Wildman–Crippen MR) is 131 cm³/mol. The Bertz CT molecular complexity index is 1120. The van der Waals surface area contributed by atoms with Crippen molar-refractivity contribution in [2.24, 2.45) is 0 Å². The molecule has 0 radical (unpaired) electrons. The van der Waals surface area contributed by atoms with Gasteiger partial charge in [-0.2, -0.15) is 0 Å². The molecule has 0 unspecified atom stereocenters. The van der Waals surface area contributed by atoms with E-state index in [0.717, 1.165) is 55.1 Å². The largest absolute Gasteiger partial charge is 0.324 e. The van der Waals surface area contributed by atoms with Crippen molar-refractivity contribution in [2.75, 3.05) is 19.6 Å². The zero-order valence-corrected chi connectivity index (χ0v) is 19.4. The monoisotopic (exact) mass is 444 g/mol. The maximum Gasteiger partial charge on any atom is 0.267 e. The molecule has 6 heteroatoms. The molecule has 0 bridgehead atoms. The van der Waals surface area contributed by atoms with Crippen LogP contribution in [0.25, 0.3) is 17.5 Å². The van der Waals surface area contributed by atoms with Crippen LogP contribution in [0, 0.1) is 6.92 Å². The highest BCUT2D eigenvalue weighted by Gasteiger charge is 2.26. The summed E-state index contributed by atoms with van der Waals surface area (Å²) in [6.45, 7) is 7.66. The number of likely N-dealkylation sites (N-methyl/N-ethyl adjacent to an activating group) is 1. The van der Waals surface area contributed by atoms with Crippen LogP contribution in [-0.4, -0.2) is 45.2 Å². The van der Waals surface area contributed by atoms with Gasteiger partial charge in [0.15, 0.2) is 0 Å². The van der Waals surface area contributed by atoms with Crippen LogP contribution in [0.1, 0.15) is 48.3 Å². The van der Waals surface area contributed by atoms with E-state index in [2.05, 4.69) is 53.6 Å². The molecule has 1 fully saturated rings. The van der Waals surface area contributed by atoms with Crippen molar-refractivity contribution >= 4 is 12.0 Å². The molecule has 2 aromatic carbocycles. The lowest BCUT2D eigenvalue weighted by Crippen LogP contribution is -2.36. The molecule has 2 heterocycles. The van der Waals surface area contributed by atoms with E-state index in [1.54, 1.807) is 11.6 Å². The van der Waals surface area contributed by atoms with Gasteiger partial charge in [-0.1, -0.05) is 55.5 Å². The van der Waals surface area contributed by atoms with Crippen molar-refractivity contribution < 1.29 is 10.0 Å². The Balaban J connectivity index is 1.75. The Kier molecular flexibility index (Phi) is 7.37. The number of hydrogen-bond acceptors (Lipinski definition) is 4. The Hall–Kier alpha value is -3.22. The Morgan fingerprint density at radius 2 is 2.03 bits per heavy atom. The van der Waals surface area contributed by atoms with Gasteiger partial charge in [-0.25, -0.2) is 10.5 Å². The van der Waals surface area contributed by atoms with Crippen LogP contribution in [0.3, 0.4) is 0 Å². The average Bonchev–Trinajstić information content (AvgIpc) is 3.19. The number of carbonyl (C=O) groups is 1. The van der Waals surface area contributed by atoms with Gasteiger partial charge in [0.05, 0.1) is 5.69 Å². The summed E-state index contributed by atoms with van der Waals surface area (Å²) in [6.07, 6.45) is 6.13. The number of nitrogens with zero attached hydrogens (tertiary/aromatic N) is 3. The molecule has 1 aliphatic rings. The minimum Gasteiger partial charge on any atom is -0.324 e. The standard InChI is InChI=1S/C27H32N4O2/c1-3-30-16-8-13-24(19-30)31-20(2)25(18-21-9-5-4-6-10-21)28-27(31)23-12-7-11-22(17-23)14-15-26(32)29-33/h4-7,9-12,14-15,17,24,33H,3,8,13,16,18-19H2,1-2H3,(H,29,32)/t24-/m1/s1. The van der Waals surface area contributed by atoms with Gasteiger partial charge in [0.2, 0.25) is 0 Å². The second-order valence-corrected chi connectivity index (χ2v) is 8.62. The molecule has 6 nitrogen and oxygen atoms in total. The molecule has 4 rings (SSSR count). The molecule has 1 saturated heterocycles. The van der Waals surface area contributed by atoms with Crippen LogP contribution in [0.5, 0.6) is 0 Å². The number of likely N-dealkylation sites (tertiary alicyclic amines) is 1. The number of amides is 1. The number of hydroxylamine groups is 1. The van der Waals surface area contributed by atoms with Crippen LogP contribution in [0.4, 0.5) is 0 Å². The van der Waals surface area contributed by atoms with Crippen LogP contribution in [0.2, 0.25) is 0 Å². The van der Waals surface area contributed by atoms with Crippen LogP contribution >= 0.6 is 0 Å². The third kappa shape index (κ3) is 5.41. The molecular weight excluding hydrogens is 412 g/mol. The second kappa shape index (κ2) is 10.6. The smallest absolute Gasteiger partial charge is 0.267 e. The first-order valence-electron chi connectivity index (χ1n) is 11.7. The van der Waals surface area contributed by atoms with E-state index in [1.165, 1.54) is 23.8 Å². The molecule has 3 aromatic rings. The fourth-order valence-electron chi connectivity index (χ4n) is 4.69. The number of hydrogen-bond donors (Lipinski definition) is 2. The summed E-state index contributed by atoms with van der Waals surface area (Å²) in [5, 5.41) is 8.75. The van der Waals surface area contributed by atoms with Crippen molar-refractivity contribution in [1.29, 1.82) is 0 Å². The van der Waals surface area contributed by atoms with Gasteiger partial charge in [0, 0.05) is 36.3 Å². The summed E-state index contributed by atoms with van der Waals surface area (Å²) >= 11 is 0. The zero-order valence-electron chi connectivity index (χ0n) is 19.4. The van der Waals surface area contributed by atoms with Gasteiger partial charge in [-0.3, -0.25) is 10.0 Å². The molecule has 2 N–H and O–H groups in total. The lowest BCUT2D eigenvalue weighted by molar-refractivity contribution is -0.124. The van der Waals surface area contributed by atoms with E-state index in [1.807, 2.05) is 24.3 Å². The van der Waals surface area contributed by atoms with Crippen LogP contribution < -0.4 is 5.48 Å². The Morgan fingerprint density at radius 1 is 1.21 bits per heavy atom. The number of piperidine rings is 1. The first-order valence-corrected chi connectivity index (χ1v) is 11.7. The normalized spacial score (nSPS) is 16.9. The molecule has 0 saturated carbocycles. The third-order valence-corrected chi connectivity index (χ3v) is 6.44. The van der Waals surface area contributed by atoms with Gasteiger partial charge in [0.25, 0.3) is 5.91 Å². The Morgan fingerprint density at radius 3 is 2.79 bits per heavy atom. The fraction of sp³-hybridized carbons (Fsp3) is 0.333. The number of benzene rings is 2. The highest BCUT2D eigenvalue weighted by molar-refractivity contribution is 5.91. The van der Waals surface area contributed by atoms with Gasteiger partial charge in [0.1, 0.15) is 5.82 Å². The van der Waals surface area contributed by atoms with E-state index in [0.29, 0.717) is 6.04 Å². The molecule has 0 aliphatic carbocycles. The second-order valence-electron chi connectivity index (χ2n) is 8.62. The van der Waals surface area contributed by atoms with Crippen LogP contribution in [0.15, 0.2) is 60.7 Å². The summed E-state index contributed by atoms with van der Waals surface area (Å²) in [5.74, 6) is 0.424. The highest BCUT2D eigenvalue weighted by atomic mass is 16.5. The van der Waals surface area contributed by atoms with E-state index in [4.69, 9.17) is 10.2 Å². The number of rotatable bonds is 7. The van der Waals surface area contributed by atoms with E-state index in [-0.39, 0.29) is 0 Å². The van der Waals surface area contributed by atoms with Gasteiger partial charge in [-0.05, 0) is 56.1 Å². The lowest BCUT2D eigenvalue weighted by atomic mass is 10.0. The minimum atomic E-state index is -0.551. The lowest BCUT2D eigenvalue weighted by Gasteiger charge is -2.34. The highest BCUT2D eigenvalue weighted by Crippen LogP contribution is 2.32. The number of nitrogens with one attached hydrogen (secondary N) is 1. The molecule has 0 spiro atoms. The molecule has 1 amide bonds. The maximum atomic E-state index is 11.4. The van der Waals surface area contributed by atoms with Gasteiger partial charge >= 0.3 is 0 Å². The van der Waals surface area contributed by atoms with E-state index in [9.17, 15) is 4.79 Å². The maximum absolute atomic E-state index is 11.4. The first kappa shape index (κ1) is 23.0. The SMILES string of the molecule is CCN1CCC[C@@H](n2c(-c3cccc(C=CC(=O)NO)c3)nc(Cc3ccccc3)c2C)C1. The van der Waals surface area contributed by atoms with Crippen molar-refractivity contribution in [3.05, 3.63) is 83.2 Å². The van der Waals surface area contributed by atoms with Gasteiger partial charge < -0.3 is 9.47 Å². The topological polar surface area (TPSA) is 70.4 Å². The van der Waals surface area contributed by atoms with Crippen molar-refractivity contribution in [3.63, 3.8) is 0 Å². The molecule has 172 valence electrons. The minimum absolute atomic E-state index is 0.380. The first-order chi connectivity index (χ1) is 16.1. The third-order valence-electron chi connectivity index (χ3n) is 6.44. The molecule has 1 atom stereocenters. The van der Waals surface area contributed by atoms with E-state index < -0.39 is 5.91 Å². The quantitative estimate of drug-likeness (QED) is 0.317. The summed E-state index contributed by atoms with van der Waals surface area (Å²) in [5.41, 5.74) is 7.11. The van der Waals surface area contributed by atoms with E-state index >= 15 is 0 Å². The average molecular weight is 445 g/mol. The molecule has 1 aliphatic heterocycles. The molecule has 1 aromatic heterocycles. The van der Waals surface area contributed by atoms with Crippen molar-refractivity contribution in [1.82, 2.24) is 19.9 Å². The predicted octanol–water partition coefficient (Wildman–Crippen LogP) is 4.62. The summed E-state index contributed by atoms with van der Waals surface area (Å²) < 4.78 is 2.43. The summed E-state index contributed by atoms with van der Waals surface area (Å²) in [6, 6.07) is 18.9. The number of aromatic nitrogens is 2. The zero-order chi connectivity index (χ0) is 23.2. The Labute approximate surface area is 195 Å². The summed E-state index contributed by atoms with van der Waals surface area (Å²) in [7, 11) is 0. The fourth-order valence-corrected chi connectivity index (χ4v) is 4.69. The summed E-state index contributed by atoms with van der Waals surface area (Å²) in [4.78, 5) is 19.1. The van der Waals surface area contributed by atoms with Crippen LogP contribution in [-0.2, 0) is 11.2 Å². The number of carbonyl (C=O) groups excluding carboxylic acids is 1. The van der Waals surface area contributed by atoms with Crippen molar-refractivity contribution in [2.45, 2.75) is 39.2 Å². The van der Waals surface area contributed by atoms with Crippen molar-refractivity contribution in [3.8, 4) is 11.4 Å². The molecular formula is C27H32N4O2. The molecule has 33 heavy (non-hydrogen) atoms.